The van der Waals surface area contributed by atoms with Gasteiger partial charge in [0.1, 0.15) is 0 Å². The van der Waals surface area contributed by atoms with Gasteiger partial charge in [-0.3, -0.25) is 4.79 Å². The highest BCUT2D eigenvalue weighted by atomic mass is 35.5. The van der Waals surface area contributed by atoms with Crippen molar-refractivity contribution >= 4 is 22.5 Å². The molecule has 1 saturated heterocycles. The maximum Gasteiger partial charge on any atom is 0.418 e. The van der Waals surface area contributed by atoms with Gasteiger partial charge >= 0.3 is 6.18 Å². The normalized spacial score (nSPS) is 16.1. The first-order valence-corrected chi connectivity index (χ1v) is 5.93. The number of hydrogen-bond donors (Lipinski definition) is 0. The molecule has 6 heteroatoms. The molecule has 0 radical (unpaired) electrons. The number of alkyl halides is 3. The zero-order valence-corrected chi connectivity index (χ0v) is 10.2. The van der Waals surface area contributed by atoms with Gasteiger partial charge in [-0.25, -0.2) is 0 Å². The highest BCUT2D eigenvalue weighted by molar-refractivity contribution is 6.67. The van der Waals surface area contributed by atoms with Gasteiger partial charge < -0.3 is 4.90 Å². The average molecular weight is 278 g/mol. The Labute approximate surface area is 107 Å². The molecule has 0 atom stereocenters. The Kier molecular flexibility index (Phi) is 3.52. The molecule has 2 rings (SSSR count). The molecular formula is C12H11ClF3NO. The maximum atomic E-state index is 13.0. The molecular weight excluding hydrogens is 267 g/mol. The summed E-state index contributed by atoms with van der Waals surface area (Å²) in [6, 6.07) is 3.48. The maximum absolute atomic E-state index is 13.0. The van der Waals surface area contributed by atoms with Crippen molar-refractivity contribution < 1.29 is 18.0 Å². The van der Waals surface area contributed by atoms with E-state index in [1.54, 1.807) is 4.90 Å². The molecule has 1 aliphatic heterocycles. The third-order valence-corrected chi connectivity index (χ3v) is 3.19. The standard InChI is InChI=1S/C12H11ClF3NO/c13-11(18)8-3-4-10(17-5-1-2-6-17)9(7-8)12(14,15)16/h3-4,7H,1-2,5-6H2. The van der Waals surface area contributed by atoms with E-state index in [0.29, 0.717) is 13.1 Å². The number of carbonyl (C=O) groups is 1. The Morgan fingerprint density at radius 2 is 1.83 bits per heavy atom. The van der Waals surface area contributed by atoms with Crippen molar-refractivity contribution in [3.63, 3.8) is 0 Å². The topological polar surface area (TPSA) is 20.3 Å². The van der Waals surface area contributed by atoms with Crippen molar-refractivity contribution in [3.05, 3.63) is 29.3 Å². The van der Waals surface area contributed by atoms with Crippen LogP contribution < -0.4 is 4.90 Å². The summed E-state index contributed by atoms with van der Waals surface area (Å²) in [5.74, 6) is 0. The molecule has 18 heavy (non-hydrogen) atoms. The van der Waals surface area contributed by atoms with Gasteiger partial charge in [-0.15, -0.1) is 0 Å². The fourth-order valence-electron chi connectivity index (χ4n) is 2.12. The molecule has 1 aromatic carbocycles. The SMILES string of the molecule is O=C(Cl)c1ccc(N2CCCC2)c(C(F)(F)F)c1. The number of nitrogens with zero attached hydrogens (tertiary/aromatic N) is 1. The highest BCUT2D eigenvalue weighted by Crippen LogP contribution is 2.38. The summed E-state index contributed by atoms with van der Waals surface area (Å²) >= 11 is 5.22. The first-order chi connectivity index (χ1) is 8.39. The Morgan fingerprint density at radius 3 is 2.33 bits per heavy atom. The lowest BCUT2D eigenvalue weighted by atomic mass is 10.1. The quantitative estimate of drug-likeness (QED) is 0.769. The second-order valence-electron chi connectivity index (χ2n) is 4.20. The molecule has 0 saturated carbocycles. The monoisotopic (exact) mass is 277 g/mol. The number of rotatable bonds is 2. The number of anilines is 1. The summed E-state index contributed by atoms with van der Waals surface area (Å²) in [4.78, 5) is 12.6. The predicted molar refractivity (Wildman–Crippen MR) is 63.1 cm³/mol. The minimum atomic E-state index is -4.49. The molecule has 98 valence electrons. The number of hydrogen-bond acceptors (Lipinski definition) is 2. The van der Waals surface area contributed by atoms with Crippen molar-refractivity contribution in [3.8, 4) is 0 Å². The van der Waals surface area contributed by atoms with Gasteiger partial charge in [0.15, 0.2) is 0 Å². The molecule has 0 N–H and O–H groups in total. The number of carbonyl (C=O) groups excluding carboxylic acids is 1. The molecule has 1 fully saturated rings. The van der Waals surface area contributed by atoms with E-state index in [4.69, 9.17) is 11.6 Å². The zero-order valence-electron chi connectivity index (χ0n) is 9.43. The van der Waals surface area contributed by atoms with Crippen LogP contribution in [0.5, 0.6) is 0 Å². The van der Waals surface area contributed by atoms with Crippen LogP contribution in [0.1, 0.15) is 28.8 Å². The first kappa shape index (κ1) is 13.2. The minimum Gasteiger partial charge on any atom is -0.371 e. The van der Waals surface area contributed by atoms with Gasteiger partial charge in [0.25, 0.3) is 5.24 Å². The van der Waals surface area contributed by atoms with Crippen molar-refractivity contribution in [2.24, 2.45) is 0 Å². The molecule has 0 spiro atoms. The van der Waals surface area contributed by atoms with Crippen LogP contribution in [0.4, 0.5) is 18.9 Å². The van der Waals surface area contributed by atoms with Gasteiger partial charge in [-0.05, 0) is 42.6 Å². The highest BCUT2D eigenvalue weighted by Gasteiger charge is 2.36. The van der Waals surface area contributed by atoms with Gasteiger partial charge in [0.05, 0.1) is 5.56 Å². The predicted octanol–water partition coefficient (Wildman–Crippen LogP) is 3.68. The molecule has 0 bridgehead atoms. The van der Waals surface area contributed by atoms with Crippen molar-refractivity contribution in [2.75, 3.05) is 18.0 Å². The minimum absolute atomic E-state index is 0.127. The van der Waals surface area contributed by atoms with Crippen LogP contribution in [0.2, 0.25) is 0 Å². The van der Waals surface area contributed by atoms with Crippen LogP contribution in [0.25, 0.3) is 0 Å². The molecule has 1 aliphatic rings. The third kappa shape index (κ3) is 2.61. The smallest absolute Gasteiger partial charge is 0.371 e. The Balaban J connectivity index is 2.48. The first-order valence-electron chi connectivity index (χ1n) is 5.55. The lowest BCUT2D eigenvalue weighted by Gasteiger charge is -2.22. The van der Waals surface area contributed by atoms with Crippen molar-refractivity contribution in [2.45, 2.75) is 19.0 Å². The summed E-state index contributed by atoms with van der Waals surface area (Å²) in [6.07, 6.45) is -2.72. The van der Waals surface area contributed by atoms with Crippen LogP contribution in [-0.2, 0) is 6.18 Å². The van der Waals surface area contributed by atoms with Gasteiger partial charge in [0.2, 0.25) is 0 Å². The van der Waals surface area contributed by atoms with Gasteiger partial charge in [-0.1, -0.05) is 0 Å². The van der Waals surface area contributed by atoms with E-state index in [1.165, 1.54) is 12.1 Å². The van der Waals surface area contributed by atoms with Gasteiger partial charge in [0, 0.05) is 24.3 Å². The Bertz CT molecular complexity index is 467. The molecule has 1 heterocycles. The number of benzene rings is 1. The summed E-state index contributed by atoms with van der Waals surface area (Å²) in [5, 5.41) is -0.881. The van der Waals surface area contributed by atoms with E-state index in [1.807, 2.05) is 0 Å². The lowest BCUT2D eigenvalue weighted by molar-refractivity contribution is -0.137. The van der Waals surface area contributed by atoms with Crippen molar-refractivity contribution in [1.29, 1.82) is 0 Å². The van der Waals surface area contributed by atoms with E-state index < -0.39 is 17.0 Å². The lowest BCUT2D eigenvalue weighted by Crippen LogP contribution is -2.22. The van der Waals surface area contributed by atoms with Gasteiger partial charge in [-0.2, -0.15) is 13.2 Å². The van der Waals surface area contributed by atoms with E-state index in [0.717, 1.165) is 18.9 Å². The van der Waals surface area contributed by atoms with E-state index >= 15 is 0 Å². The van der Waals surface area contributed by atoms with Crippen LogP contribution in [0.15, 0.2) is 18.2 Å². The molecule has 0 amide bonds. The zero-order chi connectivity index (χ0) is 13.3. The van der Waals surface area contributed by atoms with E-state index in [2.05, 4.69) is 0 Å². The van der Waals surface area contributed by atoms with E-state index in [9.17, 15) is 18.0 Å². The average Bonchev–Trinajstić information content (AvgIpc) is 2.80. The second kappa shape index (κ2) is 4.80. The fraction of sp³-hybridized carbons (Fsp3) is 0.417. The Hall–Kier alpha value is -1.23. The van der Waals surface area contributed by atoms with E-state index in [-0.39, 0.29) is 11.3 Å². The summed E-state index contributed by atoms with van der Waals surface area (Å²) in [7, 11) is 0. The summed E-state index contributed by atoms with van der Waals surface area (Å²) in [5.41, 5.74) is -0.801. The van der Waals surface area contributed by atoms with Crippen LogP contribution in [0.3, 0.4) is 0 Å². The molecule has 2 nitrogen and oxygen atoms in total. The third-order valence-electron chi connectivity index (χ3n) is 2.98. The molecule has 0 unspecified atom stereocenters. The largest absolute Gasteiger partial charge is 0.418 e. The second-order valence-corrected chi connectivity index (χ2v) is 4.54. The number of halogens is 4. The van der Waals surface area contributed by atoms with Crippen molar-refractivity contribution in [1.82, 2.24) is 0 Å². The van der Waals surface area contributed by atoms with Crippen LogP contribution >= 0.6 is 11.6 Å². The summed E-state index contributed by atoms with van der Waals surface area (Å²) < 4.78 is 38.9. The fourth-order valence-corrected chi connectivity index (χ4v) is 2.24. The Morgan fingerprint density at radius 1 is 1.22 bits per heavy atom. The van der Waals surface area contributed by atoms with Crippen LogP contribution in [0, 0.1) is 0 Å². The molecule has 1 aromatic rings. The molecule has 0 aromatic heterocycles. The van der Waals surface area contributed by atoms with Crippen LogP contribution in [-0.4, -0.2) is 18.3 Å². The summed E-state index contributed by atoms with van der Waals surface area (Å²) in [6.45, 7) is 1.22. The molecule has 0 aliphatic carbocycles.